The molecule has 0 unspecified atom stereocenters. The average molecular weight is 412 g/mol. The second kappa shape index (κ2) is 9.73. The van der Waals surface area contributed by atoms with Crippen molar-refractivity contribution in [2.24, 2.45) is 0 Å². The first-order valence-electron chi connectivity index (χ1n) is 8.11. The van der Waals surface area contributed by atoms with Gasteiger partial charge in [-0.3, -0.25) is 14.9 Å². The van der Waals surface area contributed by atoms with Crippen molar-refractivity contribution in [3.63, 3.8) is 0 Å². The molecule has 0 fully saturated rings. The summed E-state index contributed by atoms with van der Waals surface area (Å²) < 4.78 is 50.6. The van der Waals surface area contributed by atoms with Crippen LogP contribution in [0.15, 0.2) is 53.4 Å². The summed E-state index contributed by atoms with van der Waals surface area (Å²) in [6.07, 6.45) is -0.571. The molecule has 29 heavy (non-hydrogen) atoms. The van der Waals surface area contributed by atoms with Gasteiger partial charge in [-0.2, -0.15) is 13.2 Å². The van der Waals surface area contributed by atoms with Crippen LogP contribution in [-0.4, -0.2) is 44.3 Å². The van der Waals surface area contributed by atoms with Crippen LogP contribution in [0.3, 0.4) is 0 Å². The molecule has 0 spiro atoms. The first-order chi connectivity index (χ1) is 13.7. The number of pyridine rings is 2. The number of nitrogens with zero attached hydrogens (tertiary/aromatic N) is 4. The van der Waals surface area contributed by atoms with E-state index in [0.29, 0.717) is 30.1 Å². The van der Waals surface area contributed by atoms with E-state index in [2.05, 4.69) is 15.1 Å². The predicted octanol–water partition coefficient (Wildman–Crippen LogP) is 3.54. The Morgan fingerprint density at radius 3 is 2.48 bits per heavy atom. The molecule has 3 aromatic heterocycles. The molecule has 7 nitrogen and oxygen atoms in total. The van der Waals surface area contributed by atoms with Gasteiger partial charge in [0.15, 0.2) is 5.76 Å². The molecule has 11 heteroatoms. The quantitative estimate of drug-likeness (QED) is 0.641. The number of alkyl halides is 3. The summed E-state index contributed by atoms with van der Waals surface area (Å²) in [7, 11) is 1.89. The van der Waals surface area contributed by atoms with E-state index >= 15 is 0 Å². The first kappa shape index (κ1) is 22.0. The van der Waals surface area contributed by atoms with Crippen molar-refractivity contribution in [1.29, 1.82) is 0 Å². The van der Waals surface area contributed by atoms with Crippen molar-refractivity contribution in [2.75, 3.05) is 7.05 Å². The van der Waals surface area contributed by atoms with E-state index in [4.69, 9.17) is 14.4 Å². The smallest absolute Gasteiger partial charge is 0.475 e. The Hall–Kier alpha value is -3.34. The Morgan fingerprint density at radius 2 is 1.90 bits per heavy atom. The van der Waals surface area contributed by atoms with Crippen LogP contribution in [0.4, 0.5) is 17.6 Å². The number of hydrogen-bond acceptors (Lipinski definition) is 6. The van der Waals surface area contributed by atoms with Crippen LogP contribution in [0, 0.1) is 5.82 Å². The Morgan fingerprint density at radius 1 is 1.17 bits per heavy atom. The van der Waals surface area contributed by atoms with Crippen molar-refractivity contribution >= 4 is 5.97 Å². The molecular weight excluding hydrogens is 396 g/mol. The standard InChI is InChI=1S/C16H15FN4O.C2HF3O2/c1-21(10-12-5-7-18-9-14(12)17)11-13-8-16(20-22-13)15-4-2-3-6-19-15;3-2(4,5)1(6)7/h2-9H,10-11H2,1H3;(H,6,7). The maximum absolute atomic E-state index is 13.6. The minimum Gasteiger partial charge on any atom is -0.475 e. The number of carboxylic acid groups (broad SMARTS) is 1. The number of aromatic nitrogens is 3. The molecule has 0 aliphatic heterocycles. The molecule has 0 amide bonds. The van der Waals surface area contributed by atoms with E-state index in [0.717, 1.165) is 5.69 Å². The van der Waals surface area contributed by atoms with Crippen molar-refractivity contribution in [1.82, 2.24) is 20.0 Å². The number of aliphatic carboxylic acids is 1. The molecule has 154 valence electrons. The summed E-state index contributed by atoms with van der Waals surface area (Å²) >= 11 is 0. The number of hydrogen-bond donors (Lipinski definition) is 1. The molecule has 0 saturated heterocycles. The minimum absolute atomic E-state index is 0.305. The van der Waals surface area contributed by atoms with Crippen LogP contribution >= 0.6 is 0 Å². The monoisotopic (exact) mass is 412 g/mol. The van der Waals surface area contributed by atoms with Gasteiger partial charge in [0.25, 0.3) is 0 Å². The number of carboxylic acids is 1. The molecule has 3 aromatic rings. The van der Waals surface area contributed by atoms with Crippen molar-refractivity contribution in [3.05, 3.63) is 66.1 Å². The number of halogens is 4. The lowest BCUT2D eigenvalue weighted by molar-refractivity contribution is -0.192. The third-order valence-electron chi connectivity index (χ3n) is 3.45. The van der Waals surface area contributed by atoms with Gasteiger partial charge in [-0.1, -0.05) is 11.2 Å². The summed E-state index contributed by atoms with van der Waals surface area (Å²) in [5.41, 5.74) is 2.06. The van der Waals surface area contributed by atoms with Gasteiger partial charge in [0, 0.05) is 30.6 Å². The zero-order valence-electron chi connectivity index (χ0n) is 15.1. The number of rotatable bonds is 5. The molecule has 0 radical (unpaired) electrons. The molecule has 0 aliphatic carbocycles. The third-order valence-corrected chi connectivity index (χ3v) is 3.45. The van der Waals surface area contributed by atoms with Gasteiger partial charge < -0.3 is 9.63 Å². The normalized spacial score (nSPS) is 11.1. The van der Waals surface area contributed by atoms with Crippen molar-refractivity contribution in [3.8, 4) is 11.4 Å². The lowest BCUT2D eigenvalue weighted by Crippen LogP contribution is -2.21. The third kappa shape index (κ3) is 6.96. The van der Waals surface area contributed by atoms with Gasteiger partial charge in [-0.15, -0.1) is 0 Å². The van der Waals surface area contributed by atoms with Gasteiger partial charge in [0.05, 0.1) is 18.4 Å². The average Bonchev–Trinajstić information content (AvgIpc) is 3.12. The SMILES string of the molecule is CN(Cc1cc(-c2ccccn2)no1)Cc1ccncc1F.O=C(O)C(F)(F)F. The molecule has 1 N–H and O–H groups in total. The fourth-order valence-electron chi connectivity index (χ4n) is 2.17. The van der Waals surface area contributed by atoms with Crippen LogP contribution in [0.5, 0.6) is 0 Å². The molecule has 0 bridgehead atoms. The topological polar surface area (TPSA) is 92.4 Å². The summed E-state index contributed by atoms with van der Waals surface area (Å²) in [6, 6.07) is 9.14. The van der Waals surface area contributed by atoms with E-state index in [1.807, 2.05) is 36.2 Å². The molecule has 0 aromatic carbocycles. The van der Waals surface area contributed by atoms with Gasteiger partial charge >= 0.3 is 12.1 Å². The molecule has 0 atom stereocenters. The fourth-order valence-corrected chi connectivity index (χ4v) is 2.17. The Bertz CT molecular complexity index is 932. The van der Waals surface area contributed by atoms with Crippen molar-refractivity contribution in [2.45, 2.75) is 19.3 Å². The predicted molar refractivity (Wildman–Crippen MR) is 92.8 cm³/mol. The largest absolute Gasteiger partial charge is 0.490 e. The summed E-state index contributed by atoms with van der Waals surface area (Å²) in [5, 5.41) is 11.1. The number of carbonyl (C=O) groups is 1. The van der Waals surface area contributed by atoms with Crippen LogP contribution in [-0.2, 0) is 17.9 Å². The second-order valence-corrected chi connectivity index (χ2v) is 5.84. The second-order valence-electron chi connectivity index (χ2n) is 5.84. The lowest BCUT2D eigenvalue weighted by atomic mass is 10.2. The maximum Gasteiger partial charge on any atom is 0.490 e. The van der Waals surface area contributed by atoms with Gasteiger partial charge in [-0.05, 0) is 25.2 Å². The zero-order valence-corrected chi connectivity index (χ0v) is 15.1. The molecule has 0 aliphatic rings. The summed E-state index contributed by atoms with van der Waals surface area (Å²) in [4.78, 5) is 18.8. The van der Waals surface area contributed by atoms with Crippen LogP contribution in [0.25, 0.3) is 11.4 Å². The van der Waals surface area contributed by atoms with Gasteiger partial charge in [-0.25, -0.2) is 9.18 Å². The first-order valence-corrected chi connectivity index (χ1v) is 8.11. The van der Waals surface area contributed by atoms with E-state index in [1.165, 1.54) is 6.20 Å². The summed E-state index contributed by atoms with van der Waals surface area (Å²) in [6.45, 7) is 0.996. The van der Waals surface area contributed by atoms with E-state index in [-0.39, 0.29) is 5.82 Å². The molecule has 3 rings (SSSR count). The minimum atomic E-state index is -5.08. The van der Waals surface area contributed by atoms with E-state index in [9.17, 15) is 17.6 Å². The van der Waals surface area contributed by atoms with Crippen LogP contribution in [0.2, 0.25) is 0 Å². The van der Waals surface area contributed by atoms with Gasteiger partial charge in [0.1, 0.15) is 11.5 Å². The van der Waals surface area contributed by atoms with E-state index < -0.39 is 12.1 Å². The highest BCUT2D eigenvalue weighted by Gasteiger charge is 2.38. The summed E-state index contributed by atoms with van der Waals surface area (Å²) in [5.74, 6) is -2.36. The van der Waals surface area contributed by atoms with Crippen LogP contribution < -0.4 is 0 Å². The van der Waals surface area contributed by atoms with Crippen molar-refractivity contribution < 1.29 is 32.0 Å². The maximum atomic E-state index is 13.6. The van der Waals surface area contributed by atoms with Crippen LogP contribution in [0.1, 0.15) is 11.3 Å². The van der Waals surface area contributed by atoms with Gasteiger partial charge in [0.2, 0.25) is 0 Å². The Kier molecular flexibility index (Phi) is 7.37. The lowest BCUT2D eigenvalue weighted by Gasteiger charge is -2.14. The molecular formula is C18H16F4N4O3. The molecule has 0 saturated carbocycles. The fraction of sp³-hybridized carbons (Fsp3) is 0.222. The highest BCUT2D eigenvalue weighted by Crippen LogP contribution is 2.18. The molecule has 3 heterocycles. The zero-order chi connectivity index (χ0) is 21.4. The highest BCUT2D eigenvalue weighted by atomic mass is 19.4. The van der Waals surface area contributed by atoms with E-state index in [1.54, 1.807) is 18.5 Å². The highest BCUT2D eigenvalue weighted by molar-refractivity contribution is 5.73. The Balaban J connectivity index is 0.000000370. The Labute approximate surface area is 162 Å².